The maximum Gasteiger partial charge on any atom is 0.308 e. The van der Waals surface area contributed by atoms with Crippen molar-refractivity contribution >= 4 is 17.7 Å². The van der Waals surface area contributed by atoms with E-state index in [0.29, 0.717) is 6.42 Å². The lowest BCUT2D eigenvalue weighted by Gasteiger charge is -2.23. The van der Waals surface area contributed by atoms with Crippen LogP contribution < -0.4 is 0 Å². The Morgan fingerprint density at radius 2 is 1.71 bits per heavy atom. The van der Waals surface area contributed by atoms with Crippen LogP contribution in [0, 0.1) is 23.7 Å². The van der Waals surface area contributed by atoms with Gasteiger partial charge in [0.15, 0.2) is 0 Å². The van der Waals surface area contributed by atoms with Crippen molar-refractivity contribution < 1.29 is 24.6 Å². The molecule has 2 rings (SSSR count). The molecular formula is C9H10O5. The number of carboxylic acids is 2. The monoisotopic (exact) mass is 198 g/mol. The molecule has 2 fully saturated rings. The minimum atomic E-state index is -1.15. The second kappa shape index (κ2) is 2.80. The lowest BCUT2D eigenvalue weighted by atomic mass is 9.79. The molecule has 0 radical (unpaired) electrons. The first-order valence-corrected chi connectivity index (χ1v) is 4.50. The number of aliphatic carboxylic acids is 2. The fraction of sp³-hybridized carbons (Fsp3) is 0.667. The molecule has 0 saturated heterocycles. The maximum absolute atomic E-state index is 11.3. The van der Waals surface area contributed by atoms with Gasteiger partial charge in [-0.25, -0.2) is 0 Å². The van der Waals surface area contributed by atoms with Crippen LogP contribution in [0.25, 0.3) is 0 Å². The van der Waals surface area contributed by atoms with E-state index in [0.717, 1.165) is 0 Å². The van der Waals surface area contributed by atoms with E-state index in [4.69, 9.17) is 10.2 Å². The summed E-state index contributed by atoms with van der Waals surface area (Å²) < 4.78 is 0. The summed E-state index contributed by atoms with van der Waals surface area (Å²) in [5, 5.41) is 17.7. The number of Topliss-reactive ketones (excluding diaryl/α,β-unsaturated/α-hetero) is 1. The van der Waals surface area contributed by atoms with E-state index in [1.807, 2.05) is 0 Å². The summed E-state index contributed by atoms with van der Waals surface area (Å²) in [6.07, 6.45) is 0.679. The highest BCUT2D eigenvalue weighted by molar-refractivity contribution is 5.94. The molecule has 0 spiro atoms. The van der Waals surface area contributed by atoms with Gasteiger partial charge in [-0.05, 0) is 12.3 Å². The molecule has 5 nitrogen and oxygen atoms in total. The predicted molar refractivity (Wildman–Crippen MR) is 43.5 cm³/mol. The molecule has 0 aromatic carbocycles. The van der Waals surface area contributed by atoms with Crippen molar-refractivity contribution in [3.63, 3.8) is 0 Å². The Hall–Kier alpha value is -1.39. The van der Waals surface area contributed by atoms with E-state index < -0.39 is 29.7 Å². The van der Waals surface area contributed by atoms with Crippen molar-refractivity contribution in [2.24, 2.45) is 23.7 Å². The first-order valence-electron chi connectivity index (χ1n) is 4.50. The van der Waals surface area contributed by atoms with Gasteiger partial charge in [0, 0.05) is 12.3 Å². The minimum absolute atomic E-state index is 0.0834. The van der Waals surface area contributed by atoms with Crippen molar-refractivity contribution in [2.45, 2.75) is 12.8 Å². The van der Waals surface area contributed by atoms with Gasteiger partial charge in [-0.15, -0.1) is 0 Å². The Balaban J connectivity index is 2.32. The Kier molecular flexibility index (Phi) is 1.83. The summed E-state index contributed by atoms with van der Waals surface area (Å²) in [5.41, 5.74) is 0. The average Bonchev–Trinajstić information content (AvgIpc) is 2.58. The van der Waals surface area contributed by atoms with E-state index in [-0.39, 0.29) is 18.1 Å². The number of fused-ring (bicyclic) bond motifs is 2. The van der Waals surface area contributed by atoms with Crippen LogP contribution in [-0.4, -0.2) is 27.9 Å². The van der Waals surface area contributed by atoms with Gasteiger partial charge in [-0.1, -0.05) is 0 Å². The van der Waals surface area contributed by atoms with Crippen LogP contribution in [0.1, 0.15) is 12.8 Å². The number of carbonyl (C=O) groups is 3. The van der Waals surface area contributed by atoms with Gasteiger partial charge in [0.1, 0.15) is 5.78 Å². The number of hydrogen-bond acceptors (Lipinski definition) is 3. The average molecular weight is 198 g/mol. The van der Waals surface area contributed by atoms with Crippen molar-refractivity contribution in [1.82, 2.24) is 0 Å². The third-order valence-corrected chi connectivity index (χ3v) is 3.33. The number of carboxylic acid groups (broad SMARTS) is 2. The Labute approximate surface area is 79.7 Å². The molecule has 0 amide bonds. The molecule has 2 N–H and O–H groups in total. The zero-order valence-corrected chi connectivity index (χ0v) is 7.34. The Morgan fingerprint density at radius 1 is 1.14 bits per heavy atom. The molecule has 2 unspecified atom stereocenters. The van der Waals surface area contributed by atoms with Crippen molar-refractivity contribution in [2.75, 3.05) is 0 Å². The smallest absolute Gasteiger partial charge is 0.308 e. The van der Waals surface area contributed by atoms with Crippen LogP contribution in [0.4, 0.5) is 0 Å². The molecule has 0 aromatic heterocycles. The van der Waals surface area contributed by atoms with Crippen molar-refractivity contribution in [1.29, 1.82) is 0 Å². The zero-order valence-electron chi connectivity index (χ0n) is 7.34. The number of carbonyl (C=O) groups excluding carboxylic acids is 1. The van der Waals surface area contributed by atoms with Gasteiger partial charge in [-0.3, -0.25) is 14.4 Å². The minimum Gasteiger partial charge on any atom is -0.481 e. The van der Waals surface area contributed by atoms with Crippen LogP contribution in [0.3, 0.4) is 0 Å². The summed E-state index contributed by atoms with van der Waals surface area (Å²) in [6, 6.07) is 0. The Morgan fingerprint density at radius 3 is 2.21 bits per heavy atom. The van der Waals surface area contributed by atoms with Crippen molar-refractivity contribution in [3.8, 4) is 0 Å². The van der Waals surface area contributed by atoms with Crippen LogP contribution in [0.2, 0.25) is 0 Å². The van der Waals surface area contributed by atoms with Crippen molar-refractivity contribution in [3.05, 3.63) is 0 Å². The van der Waals surface area contributed by atoms with E-state index in [9.17, 15) is 14.4 Å². The molecule has 2 aliphatic carbocycles. The molecule has 4 atom stereocenters. The molecule has 76 valence electrons. The lowest BCUT2D eigenvalue weighted by Crippen LogP contribution is -2.38. The zero-order chi connectivity index (χ0) is 10.5. The summed E-state index contributed by atoms with van der Waals surface area (Å²) in [6.45, 7) is 0. The molecule has 0 heterocycles. The topological polar surface area (TPSA) is 91.7 Å². The lowest BCUT2D eigenvalue weighted by molar-refractivity contribution is -0.158. The van der Waals surface area contributed by atoms with Gasteiger partial charge in [-0.2, -0.15) is 0 Å². The van der Waals surface area contributed by atoms with E-state index in [1.54, 1.807) is 0 Å². The third kappa shape index (κ3) is 1.05. The van der Waals surface area contributed by atoms with Gasteiger partial charge < -0.3 is 10.2 Å². The van der Waals surface area contributed by atoms with Gasteiger partial charge in [0.2, 0.25) is 0 Å². The number of hydrogen-bond donors (Lipinski definition) is 2. The fourth-order valence-electron chi connectivity index (χ4n) is 2.80. The summed E-state index contributed by atoms with van der Waals surface area (Å²) in [5.74, 6) is -5.01. The second-order valence-electron chi connectivity index (χ2n) is 4.00. The highest BCUT2D eigenvalue weighted by Crippen LogP contribution is 2.50. The van der Waals surface area contributed by atoms with Gasteiger partial charge in [0.05, 0.1) is 11.8 Å². The number of ketones is 1. The molecule has 14 heavy (non-hydrogen) atoms. The van der Waals surface area contributed by atoms with Crippen LogP contribution in [0.15, 0.2) is 0 Å². The molecule has 5 heteroatoms. The first-order chi connectivity index (χ1) is 6.52. The van der Waals surface area contributed by atoms with Gasteiger partial charge in [0.25, 0.3) is 0 Å². The second-order valence-corrected chi connectivity index (χ2v) is 4.00. The predicted octanol–water partition coefficient (Wildman–Crippen LogP) is -0.00310. The normalized spacial score (nSPS) is 40.1. The highest BCUT2D eigenvalue weighted by atomic mass is 16.4. The molecular weight excluding hydrogens is 188 g/mol. The summed E-state index contributed by atoms with van der Waals surface area (Å²) in [7, 11) is 0. The Bertz CT molecular complexity index is 321. The molecule has 0 aliphatic heterocycles. The van der Waals surface area contributed by atoms with E-state index in [1.165, 1.54) is 0 Å². The third-order valence-electron chi connectivity index (χ3n) is 3.33. The SMILES string of the molecule is O=C(O)C1C(C(=O)O)[C@H]2C[C@@H]1CC2=O. The van der Waals surface area contributed by atoms with E-state index in [2.05, 4.69) is 0 Å². The highest BCUT2D eigenvalue weighted by Gasteiger charge is 2.58. The summed E-state index contributed by atoms with van der Waals surface area (Å²) in [4.78, 5) is 32.9. The van der Waals surface area contributed by atoms with Crippen LogP contribution in [0.5, 0.6) is 0 Å². The molecule has 0 aromatic rings. The molecule has 2 aliphatic rings. The van der Waals surface area contributed by atoms with E-state index >= 15 is 0 Å². The largest absolute Gasteiger partial charge is 0.481 e. The molecule has 2 bridgehead atoms. The fourth-order valence-corrected chi connectivity index (χ4v) is 2.80. The van der Waals surface area contributed by atoms with Crippen LogP contribution >= 0.6 is 0 Å². The molecule has 2 saturated carbocycles. The van der Waals surface area contributed by atoms with Crippen LogP contribution in [-0.2, 0) is 14.4 Å². The first kappa shape index (κ1) is 9.18. The standard InChI is InChI=1S/C9H10O5/c10-5-2-3-1-4(5)7(9(13)14)6(3)8(11)12/h3-4,6-7H,1-2H2,(H,11,12)(H,13,14)/t3-,4+,6?,7?/m1/s1. The maximum atomic E-state index is 11.3. The number of rotatable bonds is 2. The quantitative estimate of drug-likeness (QED) is 0.651. The summed E-state index contributed by atoms with van der Waals surface area (Å²) >= 11 is 0. The van der Waals surface area contributed by atoms with Gasteiger partial charge >= 0.3 is 11.9 Å².